The normalized spacial score (nSPS) is 21.5. The van der Waals surface area contributed by atoms with Crippen LogP contribution >= 0.6 is 0 Å². The van der Waals surface area contributed by atoms with E-state index in [0.29, 0.717) is 19.4 Å². The molecule has 22 heavy (non-hydrogen) atoms. The van der Waals surface area contributed by atoms with E-state index in [9.17, 15) is 12.8 Å². The Balaban J connectivity index is 2.01. The molecule has 1 fully saturated rings. The highest BCUT2D eigenvalue weighted by atomic mass is 32.2. The van der Waals surface area contributed by atoms with E-state index in [1.165, 1.54) is 29.7 Å². The maximum absolute atomic E-state index is 13.6. The van der Waals surface area contributed by atoms with Gasteiger partial charge in [-0.25, -0.2) is 17.8 Å². The number of sulfonamides is 1. The molecule has 1 aromatic heterocycles. The fraction of sp³-hybridized carbons (Fsp3) is 0.643. The molecule has 0 aromatic carbocycles. The molecule has 1 aliphatic rings. The average molecular weight is 332 g/mol. The molecule has 0 bridgehead atoms. The SMILES string of the molecule is CO[C@@H](C)CS(=O)(=O)N1CCC[C@H](Oc2ncccc2F)C1. The summed E-state index contributed by atoms with van der Waals surface area (Å²) in [6.07, 6.45) is 2.00. The first kappa shape index (κ1) is 17.1. The topological polar surface area (TPSA) is 68.7 Å². The molecule has 2 heterocycles. The van der Waals surface area contributed by atoms with Crippen molar-refractivity contribution in [1.29, 1.82) is 0 Å². The average Bonchev–Trinajstić information content (AvgIpc) is 2.49. The van der Waals surface area contributed by atoms with Gasteiger partial charge in [0.1, 0.15) is 6.10 Å². The van der Waals surface area contributed by atoms with Crippen LogP contribution in [0.5, 0.6) is 5.88 Å². The zero-order valence-electron chi connectivity index (χ0n) is 12.7. The van der Waals surface area contributed by atoms with Gasteiger partial charge in [0.25, 0.3) is 5.88 Å². The van der Waals surface area contributed by atoms with Gasteiger partial charge in [-0.15, -0.1) is 0 Å². The molecule has 0 amide bonds. The van der Waals surface area contributed by atoms with Gasteiger partial charge < -0.3 is 9.47 Å². The van der Waals surface area contributed by atoms with Crippen LogP contribution < -0.4 is 4.74 Å². The molecular formula is C14H21FN2O4S. The number of ether oxygens (including phenoxy) is 2. The van der Waals surface area contributed by atoms with Gasteiger partial charge in [-0.05, 0) is 31.9 Å². The van der Waals surface area contributed by atoms with Crippen LogP contribution in [0.2, 0.25) is 0 Å². The van der Waals surface area contributed by atoms with E-state index in [1.54, 1.807) is 6.92 Å². The Hall–Kier alpha value is -1.25. The molecule has 124 valence electrons. The quantitative estimate of drug-likeness (QED) is 0.788. The van der Waals surface area contributed by atoms with Gasteiger partial charge in [-0.1, -0.05) is 0 Å². The number of aromatic nitrogens is 1. The molecule has 6 nitrogen and oxygen atoms in total. The number of piperidine rings is 1. The predicted molar refractivity (Wildman–Crippen MR) is 79.7 cm³/mol. The third-order valence-corrected chi connectivity index (χ3v) is 5.59. The fourth-order valence-electron chi connectivity index (χ4n) is 2.34. The van der Waals surface area contributed by atoms with Crippen LogP contribution in [0.3, 0.4) is 0 Å². The van der Waals surface area contributed by atoms with E-state index < -0.39 is 21.9 Å². The number of hydrogen-bond acceptors (Lipinski definition) is 5. The molecule has 1 aromatic rings. The summed E-state index contributed by atoms with van der Waals surface area (Å²) in [5.74, 6) is -0.707. The lowest BCUT2D eigenvalue weighted by molar-refractivity contribution is 0.114. The lowest BCUT2D eigenvalue weighted by atomic mass is 10.1. The highest BCUT2D eigenvalue weighted by Crippen LogP contribution is 2.21. The summed E-state index contributed by atoms with van der Waals surface area (Å²) in [6, 6.07) is 2.74. The molecule has 0 aliphatic carbocycles. The third kappa shape index (κ3) is 4.37. The molecular weight excluding hydrogens is 311 g/mol. The van der Waals surface area contributed by atoms with Crippen molar-refractivity contribution in [2.45, 2.75) is 32.0 Å². The molecule has 0 radical (unpaired) electrons. The van der Waals surface area contributed by atoms with Crippen LogP contribution in [0.4, 0.5) is 4.39 Å². The van der Waals surface area contributed by atoms with Crippen LogP contribution in [-0.2, 0) is 14.8 Å². The van der Waals surface area contributed by atoms with Crippen molar-refractivity contribution in [1.82, 2.24) is 9.29 Å². The molecule has 1 aliphatic heterocycles. The van der Waals surface area contributed by atoms with Crippen LogP contribution in [-0.4, -0.2) is 55.9 Å². The van der Waals surface area contributed by atoms with Gasteiger partial charge in [0.15, 0.2) is 5.82 Å². The first-order chi connectivity index (χ1) is 10.4. The molecule has 0 N–H and O–H groups in total. The van der Waals surface area contributed by atoms with Crippen molar-refractivity contribution in [2.75, 3.05) is 26.0 Å². The molecule has 0 unspecified atom stereocenters. The number of pyridine rings is 1. The van der Waals surface area contributed by atoms with Gasteiger partial charge >= 0.3 is 0 Å². The van der Waals surface area contributed by atoms with Gasteiger partial charge in [0.2, 0.25) is 10.0 Å². The smallest absolute Gasteiger partial charge is 0.250 e. The summed E-state index contributed by atoms with van der Waals surface area (Å²) in [5, 5.41) is 0. The number of rotatable bonds is 6. The van der Waals surface area contributed by atoms with Crippen molar-refractivity contribution in [2.24, 2.45) is 0 Å². The number of hydrogen-bond donors (Lipinski definition) is 0. The van der Waals surface area contributed by atoms with Crippen molar-refractivity contribution >= 4 is 10.0 Å². The zero-order chi connectivity index (χ0) is 16.2. The Morgan fingerprint density at radius 2 is 2.32 bits per heavy atom. The Morgan fingerprint density at radius 3 is 3.00 bits per heavy atom. The van der Waals surface area contributed by atoms with E-state index in [-0.39, 0.29) is 24.3 Å². The Bertz CT molecular complexity index is 596. The molecule has 2 rings (SSSR count). The van der Waals surface area contributed by atoms with E-state index >= 15 is 0 Å². The van der Waals surface area contributed by atoms with Crippen LogP contribution in [0.1, 0.15) is 19.8 Å². The standard InChI is InChI=1S/C14H21FN2O4S/c1-11(20-2)10-22(18,19)17-8-4-5-12(9-17)21-14-13(15)6-3-7-16-14/h3,6-7,11-12H,4-5,8-10H2,1-2H3/t11-,12-/m0/s1. The largest absolute Gasteiger partial charge is 0.471 e. The summed E-state index contributed by atoms with van der Waals surface area (Å²) in [7, 11) is -1.94. The Labute approximate surface area is 130 Å². The summed E-state index contributed by atoms with van der Waals surface area (Å²) in [6.45, 7) is 2.36. The first-order valence-electron chi connectivity index (χ1n) is 7.20. The number of methoxy groups -OCH3 is 1. The highest BCUT2D eigenvalue weighted by Gasteiger charge is 2.31. The van der Waals surface area contributed by atoms with E-state index in [2.05, 4.69) is 4.98 Å². The third-order valence-electron chi connectivity index (χ3n) is 3.58. The Morgan fingerprint density at radius 1 is 1.55 bits per heavy atom. The second-order valence-corrected chi connectivity index (χ2v) is 7.37. The maximum Gasteiger partial charge on any atom is 0.250 e. The minimum absolute atomic E-state index is 0.0752. The summed E-state index contributed by atoms with van der Waals surface area (Å²) < 4.78 is 50.1. The minimum Gasteiger partial charge on any atom is -0.471 e. The van der Waals surface area contributed by atoms with Gasteiger partial charge in [-0.2, -0.15) is 4.31 Å². The second kappa shape index (κ2) is 7.34. The summed E-state index contributed by atoms with van der Waals surface area (Å²) in [5.41, 5.74) is 0. The lowest BCUT2D eigenvalue weighted by Crippen LogP contribution is -2.46. The zero-order valence-corrected chi connectivity index (χ0v) is 13.6. The van der Waals surface area contributed by atoms with Crippen LogP contribution in [0.15, 0.2) is 18.3 Å². The van der Waals surface area contributed by atoms with E-state index in [1.807, 2.05) is 0 Å². The molecule has 1 saturated heterocycles. The number of nitrogens with zero attached hydrogens (tertiary/aromatic N) is 2. The molecule has 8 heteroatoms. The Kier molecular flexibility index (Phi) is 5.71. The predicted octanol–water partition coefficient (Wildman–Crippen LogP) is 1.43. The fourth-order valence-corrected chi connectivity index (χ4v) is 4.08. The van der Waals surface area contributed by atoms with Crippen molar-refractivity contribution in [3.05, 3.63) is 24.1 Å². The lowest BCUT2D eigenvalue weighted by Gasteiger charge is -2.32. The van der Waals surface area contributed by atoms with Gasteiger partial charge in [0, 0.05) is 19.9 Å². The first-order valence-corrected chi connectivity index (χ1v) is 8.81. The van der Waals surface area contributed by atoms with E-state index in [0.717, 1.165) is 0 Å². The highest BCUT2D eigenvalue weighted by molar-refractivity contribution is 7.89. The maximum atomic E-state index is 13.6. The summed E-state index contributed by atoms with van der Waals surface area (Å²) >= 11 is 0. The van der Waals surface area contributed by atoms with Gasteiger partial charge in [0.05, 0.1) is 18.4 Å². The van der Waals surface area contributed by atoms with Crippen LogP contribution in [0, 0.1) is 5.82 Å². The summed E-state index contributed by atoms with van der Waals surface area (Å²) in [4.78, 5) is 3.84. The van der Waals surface area contributed by atoms with Crippen molar-refractivity contribution < 1.29 is 22.3 Å². The molecule has 0 saturated carbocycles. The van der Waals surface area contributed by atoms with Gasteiger partial charge in [-0.3, -0.25) is 0 Å². The number of halogens is 1. The van der Waals surface area contributed by atoms with E-state index in [4.69, 9.17) is 9.47 Å². The van der Waals surface area contributed by atoms with Crippen molar-refractivity contribution in [3.63, 3.8) is 0 Å². The molecule has 0 spiro atoms. The minimum atomic E-state index is -3.42. The monoisotopic (exact) mass is 332 g/mol. The van der Waals surface area contributed by atoms with Crippen LogP contribution in [0.25, 0.3) is 0 Å². The molecule has 2 atom stereocenters. The van der Waals surface area contributed by atoms with Crippen molar-refractivity contribution in [3.8, 4) is 5.88 Å². The second-order valence-electron chi connectivity index (χ2n) is 5.36.